The number of thioether (sulfide) groups is 1. The van der Waals surface area contributed by atoms with Crippen LogP contribution in [0.3, 0.4) is 0 Å². The third-order valence-electron chi connectivity index (χ3n) is 0.979. The molecule has 7 heteroatoms. The van der Waals surface area contributed by atoms with Crippen molar-refractivity contribution in [3.63, 3.8) is 0 Å². The molecule has 2 nitrogen and oxygen atoms in total. The Balaban J connectivity index is 4.29. The van der Waals surface area contributed by atoms with E-state index in [0.29, 0.717) is 17.2 Å². The standard InChI is InChI=1S/C6H5ClF3NOS/c1-3(6(8,9)10)2-13-5(11)4(7)12/h2,11H,1H3/b3-2+,11-5?. The number of carbonyl (C=O) groups excluding carboxylic acids is 1. The zero-order valence-electron chi connectivity index (χ0n) is 6.41. The van der Waals surface area contributed by atoms with Crippen LogP contribution in [0.2, 0.25) is 0 Å². The van der Waals surface area contributed by atoms with Gasteiger partial charge in [0.2, 0.25) is 0 Å². The van der Waals surface area contributed by atoms with Gasteiger partial charge in [-0.25, -0.2) is 0 Å². The fraction of sp³-hybridized carbons (Fsp3) is 0.333. The SMILES string of the molecule is C/C(=C\SC(=N)C(=O)Cl)C(F)(F)F. The van der Waals surface area contributed by atoms with Gasteiger partial charge in [0.05, 0.1) is 0 Å². The Labute approximate surface area is 81.6 Å². The number of halogens is 4. The second-order valence-corrected chi connectivity index (χ2v) is 3.24. The van der Waals surface area contributed by atoms with E-state index in [-0.39, 0.29) is 0 Å². The Hall–Kier alpha value is -0.490. The monoisotopic (exact) mass is 231 g/mol. The molecule has 0 aromatic heterocycles. The number of allylic oxidation sites excluding steroid dienone is 1. The molecule has 0 heterocycles. The van der Waals surface area contributed by atoms with Gasteiger partial charge in [-0.05, 0) is 23.9 Å². The zero-order valence-corrected chi connectivity index (χ0v) is 7.98. The van der Waals surface area contributed by atoms with E-state index in [0.717, 1.165) is 6.92 Å². The molecule has 0 fully saturated rings. The molecular weight excluding hydrogens is 227 g/mol. The van der Waals surface area contributed by atoms with Crippen molar-refractivity contribution in [3.05, 3.63) is 11.0 Å². The first-order valence-corrected chi connectivity index (χ1v) is 4.20. The van der Waals surface area contributed by atoms with Crippen LogP contribution in [-0.4, -0.2) is 16.5 Å². The second-order valence-electron chi connectivity index (χ2n) is 2.02. The van der Waals surface area contributed by atoms with Crippen LogP contribution in [0.1, 0.15) is 6.92 Å². The quantitative estimate of drug-likeness (QED) is 0.451. The average Bonchev–Trinajstić information content (AvgIpc) is 1.97. The highest BCUT2D eigenvalue weighted by Crippen LogP contribution is 2.27. The van der Waals surface area contributed by atoms with Crippen LogP contribution in [0.25, 0.3) is 0 Å². The van der Waals surface area contributed by atoms with Gasteiger partial charge in [-0.15, -0.1) is 0 Å². The van der Waals surface area contributed by atoms with Crippen molar-refractivity contribution < 1.29 is 18.0 Å². The predicted octanol–water partition coefficient (Wildman–Crippen LogP) is 2.93. The van der Waals surface area contributed by atoms with E-state index in [1.54, 1.807) is 0 Å². The Morgan fingerprint density at radius 1 is 1.54 bits per heavy atom. The lowest BCUT2D eigenvalue weighted by molar-refractivity contribution is -0.106. The fourth-order valence-electron chi connectivity index (χ4n) is 0.260. The fourth-order valence-corrected chi connectivity index (χ4v) is 0.915. The van der Waals surface area contributed by atoms with Crippen LogP contribution >= 0.6 is 23.4 Å². The minimum absolute atomic E-state index is 0.339. The number of carbonyl (C=O) groups is 1. The highest BCUT2D eigenvalue weighted by molar-refractivity contribution is 8.18. The first kappa shape index (κ1) is 12.5. The average molecular weight is 232 g/mol. The Morgan fingerprint density at radius 2 is 2.00 bits per heavy atom. The van der Waals surface area contributed by atoms with Gasteiger partial charge >= 0.3 is 6.18 Å². The third kappa shape index (κ3) is 4.94. The molecule has 0 saturated heterocycles. The molecule has 0 aliphatic carbocycles. The Kier molecular flexibility index (Phi) is 4.49. The third-order valence-corrected chi connectivity index (χ3v) is 2.17. The summed E-state index contributed by atoms with van der Waals surface area (Å²) in [7, 11) is 0. The van der Waals surface area contributed by atoms with Crippen molar-refractivity contribution >= 4 is 33.6 Å². The highest BCUT2D eigenvalue weighted by atomic mass is 35.5. The molecule has 0 amide bonds. The highest BCUT2D eigenvalue weighted by Gasteiger charge is 2.29. The van der Waals surface area contributed by atoms with Crippen LogP contribution in [-0.2, 0) is 4.79 Å². The maximum atomic E-state index is 11.8. The van der Waals surface area contributed by atoms with E-state index >= 15 is 0 Å². The number of hydrogen-bond donors (Lipinski definition) is 1. The Bertz CT molecular complexity index is 261. The molecule has 0 saturated carbocycles. The summed E-state index contributed by atoms with van der Waals surface area (Å²) < 4.78 is 35.5. The first-order chi connectivity index (χ1) is 5.75. The molecule has 0 bridgehead atoms. The molecule has 0 unspecified atom stereocenters. The molecule has 0 aromatic carbocycles. The lowest BCUT2D eigenvalue weighted by Crippen LogP contribution is -2.08. The van der Waals surface area contributed by atoms with Crippen molar-refractivity contribution in [2.45, 2.75) is 13.1 Å². The molecule has 0 aromatic rings. The number of nitrogens with one attached hydrogen (secondary N) is 1. The van der Waals surface area contributed by atoms with Gasteiger partial charge in [0, 0.05) is 5.57 Å². The van der Waals surface area contributed by atoms with Gasteiger partial charge in [0.25, 0.3) is 5.24 Å². The predicted molar refractivity (Wildman–Crippen MR) is 46.0 cm³/mol. The lowest BCUT2D eigenvalue weighted by Gasteiger charge is -2.04. The summed E-state index contributed by atoms with van der Waals surface area (Å²) in [4.78, 5) is 10.2. The molecule has 0 rings (SSSR count). The van der Waals surface area contributed by atoms with E-state index in [9.17, 15) is 18.0 Å². The summed E-state index contributed by atoms with van der Waals surface area (Å²) in [6.07, 6.45) is -4.43. The summed E-state index contributed by atoms with van der Waals surface area (Å²) in [5.74, 6) is 0. The van der Waals surface area contributed by atoms with Crippen LogP contribution in [0.5, 0.6) is 0 Å². The van der Waals surface area contributed by atoms with Crippen molar-refractivity contribution in [2.24, 2.45) is 0 Å². The van der Waals surface area contributed by atoms with E-state index in [1.165, 1.54) is 0 Å². The van der Waals surface area contributed by atoms with Crippen LogP contribution in [0.15, 0.2) is 11.0 Å². The van der Waals surface area contributed by atoms with Crippen molar-refractivity contribution in [1.29, 1.82) is 5.41 Å². The van der Waals surface area contributed by atoms with Crippen molar-refractivity contribution in [1.82, 2.24) is 0 Å². The van der Waals surface area contributed by atoms with Crippen molar-refractivity contribution in [3.8, 4) is 0 Å². The van der Waals surface area contributed by atoms with Gasteiger partial charge in [0.1, 0.15) is 0 Å². The Morgan fingerprint density at radius 3 is 2.31 bits per heavy atom. The summed E-state index contributed by atoms with van der Waals surface area (Å²) in [5.41, 5.74) is -0.875. The molecule has 1 N–H and O–H groups in total. The number of hydrogen-bond acceptors (Lipinski definition) is 3. The zero-order chi connectivity index (χ0) is 10.6. The van der Waals surface area contributed by atoms with Gasteiger partial charge in [-0.3, -0.25) is 10.2 Å². The molecule has 0 aliphatic rings. The van der Waals surface area contributed by atoms with Gasteiger partial charge < -0.3 is 0 Å². The van der Waals surface area contributed by atoms with Crippen molar-refractivity contribution in [2.75, 3.05) is 0 Å². The van der Waals surface area contributed by atoms with Gasteiger partial charge in [0.15, 0.2) is 5.04 Å². The van der Waals surface area contributed by atoms with Crippen LogP contribution < -0.4 is 0 Å². The second kappa shape index (κ2) is 4.66. The van der Waals surface area contributed by atoms with Gasteiger partial charge in [-0.1, -0.05) is 11.8 Å². The molecule has 0 radical (unpaired) electrons. The topological polar surface area (TPSA) is 40.9 Å². The largest absolute Gasteiger partial charge is 0.412 e. The lowest BCUT2D eigenvalue weighted by atomic mass is 10.3. The molecule has 74 valence electrons. The normalized spacial score (nSPS) is 12.8. The molecule has 0 atom stereocenters. The van der Waals surface area contributed by atoms with Crippen LogP contribution in [0, 0.1) is 5.41 Å². The van der Waals surface area contributed by atoms with E-state index in [4.69, 9.17) is 17.0 Å². The molecular formula is C6H5ClF3NOS. The van der Waals surface area contributed by atoms with E-state index in [1.807, 2.05) is 0 Å². The van der Waals surface area contributed by atoms with Gasteiger partial charge in [-0.2, -0.15) is 13.2 Å². The number of rotatable bonds is 2. The maximum Gasteiger partial charge on any atom is 0.412 e. The van der Waals surface area contributed by atoms with E-state index < -0.39 is 22.0 Å². The molecule has 0 spiro atoms. The number of alkyl halides is 3. The molecule has 0 aliphatic heterocycles. The summed E-state index contributed by atoms with van der Waals surface area (Å²) in [6, 6.07) is 0. The summed E-state index contributed by atoms with van der Waals surface area (Å²) >= 11 is 5.17. The minimum Gasteiger partial charge on any atom is -0.289 e. The summed E-state index contributed by atoms with van der Waals surface area (Å²) in [6.45, 7) is 0.846. The minimum atomic E-state index is -4.43. The van der Waals surface area contributed by atoms with Crippen LogP contribution in [0.4, 0.5) is 13.2 Å². The first-order valence-electron chi connectivity index (χ1n) is 2.94. The van der Waals surface area contributed by atoms with E-state index in [2.05, 4.69) is 0 Å². The molecule has 13 heavy (non-hydrogen) atoms. The summed E-state index contributed by atoms with van der Waals surface area (Å²) in [5, 5.41) is 5.77. The maximum absolute atomic E-state index is 11.8. The smallest absolute Gasteiger partial charge is 0.289 e.